The minimum absolute atomic E-state index is 0.600. The maximum Gasteiger partial charge on any atom is 0.131 e. The minimum Gasteiger partial charge on any atom is -0.241 e. The largest absolute Gasteiger partial charge is 0.241 e. The number of hydrogen-bond donors (Lipinski definition) is 0. The maximum atomic E-state index is 4.87. The number of rotatable bonds is 5. The van der Waals surface area contributed by atoms with Crippen LogP contribution in [0.2, 0.25) is 0 Å². The Morgan fingerprint density at radius 3 is 2.53 bits per heavy atom. The molecular weight excluding hydrogens is 300 g/mol. The molecule has 2 rings (SSSR count). The van der Waals surface area contributed by atoms with Gasteiger partial charge in [0, 0.05) is 28.7 Å². The van der Waals surface area contributed by atoms with Gasteiger partial charge in [-0.05, 0) is 38.0 Å². The van der Waals surface area contributed by atoms with E-state index in [1.165, 1.54) is 43.4 Å². The summed E-state index contributed by atoms with van der Waals surface area (Å²) < 4.78 is 0. The Labute approximate surface area is 125 Å². The molecule has 0 spiro atoms. The molecule has 1 fully saturated rings. The second-order valence-corrected chi connectivity index (χ2v) is 6.27. The Balaban J connectivity index is 2.10. The molecule has 1 aromatic heterocycles. The molecule has 1 saturated carbocycles. The average Bonchev–Trinajstić information content (AvgIpc) is 2.47. The quantitative estimate of drug-likeness (QED) is 0.711. The third-order valence-corrected chi connectivity index (χ3v) is 5.00. The molecule has 0 N–H and O–H groups in total. The molecule has 19 heavy (non-hydrogen) atoms. The smallest absolute Gasteiger partial charge is 0.131 e. The molecule has 0 aromatic carbocycles. The van der Waals surface area contributed by atoms with Crippen molar-refractivity contribution in [1.29, 1.82) is 0 Å². The van der Waals surface area contributed by atoms with Crippen LogP contribution in [0.1, 0.15) is 75.4 Å². The Morgan fingerprint density at radius 2 is 1.95 bits per heavy atom. The Hall–Kier alpha value is -0.440. The van der Waals surface area contributed by atoms with E-state index >= 15 is 0 Å². The second kappa shape index (κ2) is 7.37. The van der Waals surface area contributed by atoms with Crippen LogP contribution in [0.5, 0.6) is 0 Å². The van der Waals surface area contributed by atoms with Gasteiger partial charge >= 0.3 is 0 Å². The number of nitrogens with zero attached hydrogens (tertiary/aromatic N) is 2. The SMILES string of the molecule is CCCc1nc(C2CCC(CC)CC2)ncc1CBr. The normalized spacial score (nSPS) is 23.5. The van der Waals surface area contributed by atoms with Crippen molar-refractivity contribution in [3.63, 3.8) is 0 Å². The number of halogens is 1. The van der Waals surface area contributed by atoms with E-state index in [0.717, 1.165) is 29.9 Å². The summed E-state index contributed by atoms with van der Waals surface area (Å²) in [4.78, 5) is 9.49. The number of aryl methyl sites for hydroxylation is 1. The fourth-order valence-electron chi connectivity index (χ4n) is 3.05. The molecule has 3 heteroatoms. The Kier molecular flexibility index (Phi) is 5.80. The zero-order chi connectivity index (χ0) is 13.7. The molecule has 1 aromatic rings. The Morgan fingerprint density at radius 1 is 1.21 bits per heavy atom. The highest BCUT2D eigenvalue weighted by molar-refractivity contribution is 9.08. The molecular formula is C16H25BrN2. The summed E-state index contributed by atoms with van der Waals surface area (Å²) in [7, 11) is 0. The van der Waals surface area contributed by atoms with E-state index in [4.69, 9.17) is 4.98 Å². The van der Waals surface area contributed by atoms with E-state index in [9.17, 15) is 0 Å². The van der Waals surface area contributed by atoms with Gasteiger partial charge < -0.3 is 0 Å². The van der Waals surface area contributed by atoms with Crippen LogP contribution in [-0.2, 0) is 11.8 Å². The summed E-state index contributed by atoms with van der Waals surface area (Å²) in [5, 5.41) is 0.866. The topological polar surface area (TPSA) is 25.8 Å². The fourth-order valence-corrected chi connectivity index (χ4v) is 3.52. The molecule has 0 amide bonds. The van der Waals surface area contributed by atoms with E-state index < -0.39 is 0 Å². The van der Waals surface area contributed by atoms with Crippen molar-refractivity contribution < 1.29 is 0 Å². The van der Waals surface area contributed by atoms with Gasteiger partial charge in [0.2, 0.25) is 0 Å². The Bertz CT molecular complexity index is 398. The summed E-state index contributed by atoms with van der Waals surface area (Å²) in [5.41, 5.74) is 2.51. The van der Waals surface area contributed by atoms with Crippen LogP contribution in [0, 0.1) is 5.92 Å². The summed E-state index contributed by atoms with van der Waals surface area (Å²) in [6.07, 6.45) is 10.8. The molecule has 0 aliphatic heterocycles. The highest BCUT2D eigenvalue weighted by atomic mass is 79.9. The molecule has 1 heterocycles. The first kappa shape index (κ1) is 15.0. The van der Waals surface area contributed by atoms with Crippen molar-refractivity contribution in [2.45, 2.75) is 70.0 Å². The molecule has 1 aliphatic rings. The molecule has 2 nitrogen and oxygen atoms in total. The van der Waals surface area contributed by atoms with Crippen LogP contribution in [0.3, 0.4) is 0 Å². The minimum atomic E-state index is 0.600. The van der Waals surface area contributed by atoms with Crippen LogP contribution in [0.4, 0.5) is 0 Å². The van der Waals surface area contributed by atoms with Gasteiger partial charge in [0.05, 0.1) is 0 Å². The number of hydrogen-bond acceptors (Lipinski definition) is 2. The van der Waals surface area contributed by atoms with Gasteiger partial charge in [0.25, 0.3) is 0 Å². The molecule has 0 unspecified atom stereocenters. The highest BCUT2D eigenvalue weighted by Crippen LogP contribution is 2.35. The van der Waals surface area contributed by atoms with Gasteiger partial charge in [-0.3, -0.25) is 0 Å². The van der Waals surface area contributed by atoms with E-state index in [2.05, 4.69) is 34.8 Å². The van der Waals surface area contributed by atoms with Crippen molar-refractivity contribution >= 4 is 15.9 Å². The molecule has 1 aliphatic carbocycles. The first-order valence-electron chi connectivity index (χ1n) is 7.69. The van der Waals surface area contributed by atoms with Crippen molar-refractivity contribution in [3.05, 3.63) is 23.3 Å². The van der Waals surface area contributed by atoms with Gasteiger partial charge in [0.15, 0.2) is 0 Å². The van der Waals surface area contributed by atoms with Gasteiger partial charge in [-0.15, -0.1) is 0 Å². The lowest BCUT2D eigenvalue weighted by Gasteiger charge is -2.27. The number of aromatic nitrogens is 2. The first-order valence-corrected chi connectivity index (χ1v) is 8.81. The van der Waals surface area contributed by atoms with Crippen LogP contribution in [0.25, 0.3) is 0 Å². The van der Waals surface area contributed by atoms with E-state index in [-0.39, 0.29) is 0 Å². The average molecular weight is 325 g/mol. The summed E-state index contributed by atoms with van der Waals surface area (Å²) in [6.45, 7) is 4.53. The zero-order valence-corrected chi connectivity index (χ0v) is 13.7. The third kappa shape index (κ3) is 3.77. The summed E-state index contributed by atoms with van der Waals surface area (Å²) in [6, 6.07) is 0. The standard InChI is InChI=1S/C16H25BrN2/c1-3-5-15-14(10-17)11-18-16(19-15)13-8-6-12(4-2)7-9-13/h11-13H,3-10H2,1-2H3. The summed E-state index contributed by atoms with van der Waals surface area (Å²) >= 11 is 3.54. The maximum absolute atomic E-state index is 4.87. The zero-order valence-electron chi connectivity index (χ0n) is 12.2. The van der Waals surface area contributed by atoms with Crippen LogP contribution in [-0.4, -0.2) is 9.97 Å². The predicted octanol–water partition coefficient (Wildman–Crippen LogP) is 5.01. The van der Waals surface area contributed by atoms with Crippen LogP contribution >= 0.6 is 15.9 Å². The van der Waals surface area contributed by atoms with Crippen molar-refractivity contribution in [2.24, 2.45) is 5.92 Å². The second-order valence-electron chi connectivity index (χ2n) is 5.71. The lowest BCUT2D eigenvalue weighted by molar-refractivity contribution is 0.311. The monoisotopic (exact) mass is 324 g/mol. The van der Waals surface area contributed by atoms with Gasteiger partial charge in [-0.25, -0.2) is 9.97 Å². The predicted molar refractivity (Wildman–Crippen MR) is 83.6 cm³/mol. The fraction of sp³-hybridized carbons (Fsp3) is 0.750. The summed E-state index contributed by atoms with van der Waals surface area (Å²) in [5.74, 6) is 2.64. The first-order chi connectivity index (χ1) is 9.28. The van der Waals surface area contributed by atoms with E-state index in [1.54, 1.807) is 0 Å². The van der Waals surface area contributed by atoms with Gasteiger partial charge in [0.1, 0.15) is 5.82 Å². The van der Waals surface area contributed by atoms with Crippen LogP contribution in [0.15, 0.2) is 6.20 Å². The lowest BCUT2D eigenvalue weighted by atomic mass is 9.80. The highest BCUT2D eigenvalue weighted by Gasteiger charge is 2.23. The van der Waals surface area contributed by atoms with Crippen LogP contribution < -0.4 is 0 Å². The molecule has 106 valence electrons. The molecule has 0 radical (unpaired) electrons. The third-order valence-electron chi connectivity index (χ3n) is 4.39. The van der Waals surface area contributed by atoms with Crippen molar-refractivity contribution in [3.8, 4) is 0 Å². The lowest BCUT2D eigenvalue weighted by Crippen LogP contribution is -2.16. The van der Waals surface area contributed by atoms with Crippen molar-refractivity contribution in [2.75, 3.05) is 0 Å². The van der Waals surface area contributed by atoms with Gasteiger partial charge in [-0.1, -0.05) is 42.6 Å². The van der Waals surface area contributed by atoms with E-state index in [0.29, 0.717) is 5.92 Å². The van der Waals surface area contributed by atoms with E-state index in [1.807, 2.05) is 6.20 Å². The van der Waals surface area contributed by atoms with Gasteiger partial charge in [-0.2, -0.15) is 0 Å². The molecule has 0 bridgehead atoms. The number of alkyl halides is 1. The van der Waals surface area contributed by atoms with Crippen molar-refractivity contribution in [1.82, 2.24) is 9.97 Å². The molecule has 0 saturated heterocycles. The molecule has 0 atom stereocenters.